The van der Waals surface area contributed by atoms with Crippen molar-refractivity contribution in [1.82, 2.24) is 19.8 Å². The van der Waals surface area contributed by atoms with E-state index in [9.17, 15) is 0 Å². The summed E-state index contributed by atoms with van der Waals surface area (Å²) < 4.78 is 6.81. The van der Waals surface area contributed by atoms with E-state index in [1.54, 1.807) is 11.6 Å². The number of nitrogens with two attached hydrogens (primary N) is 1. The molecule has 3 aromatic rings. The van der Waals surface area contributed by atoms with Crippen molar-refractivity contribution in [3.05, 3.63) is 35.7 Å². The lowest BCUT2D eigenvalue weighted by molar-refractivity contribution is 0.176. The zero-order valence-electron chi connectivity index (χ0n) is 11.1. The zero-order chi connectivity index (χ0) is 13.9. The van der Waals surface area contributed by atoms with Gasteiger partial charge in [-0.1, -0.05) is 35.6 Å². The molecular weight excluding hydrogens is 274 g/mol. The Hall–Kier alpha value is -1.83. The molecule has 0 saturated heterocycles. The Bertz CT molecular complexity index is 703. The monoisotopic (exact) mass is 289 g/mol. The molecule has 7 heteroatoms. The molecule has 3 rings (SSSR count). The Morgan fingerprint density at radius 2 is 2.05 bits per heavy atom. The smallest absolute Gasteiger partial charge is 0.235 e. The van der Waals surface area contributed by atoms with Crippen LogP contribution in [-0.2, 0) is 17.8 Å². The molecular formula is C13H15N5OS. The summed E-state index contributed by atoms with van der Waals surface area (Å²) in [6.07, 6.45) is 0.892. The van der Waals surface area contributed by atoms with Gasteiger partial charge in [-0.15, -0.1) is 10.2 Å². The number of hydrogen-bond acceptors (Lipinski definition) is 6. The van der Waals surface area contributed by atoms with E-state index in [1.807, 2.05) is 0 Å². The van der Waals surface area contributed by atoms with Crippen LogP contribution in [0.25, 0.3) is 15.5 Å². The van der Waals surface area contributed by atoms with Gasteiger partial charge in [0.25, 0.3) is 0 Å². The molecule has 0 amide bonds. The average Bonchev–Trinajstić information content (AvgIpc) is 3.02. The third-order valence-corrected chi connectivity index (χ3v) is 3.91. The first-order chi connectivity index (χ1) is 9.81. The number of aromatic nitrogens is 4. The maximum absolute atomic E-state index is 5.55. The third kappa shape index (κ3) is 2.43. The predicted octanol–water partition coefficient (Wildman–Crippen LogP) is 1.50. The molecule has 0 radical (unpaired) electrons. The minimum Gasteiger partial charge on any atom is -0.377 e. The molecule has 0 fully saturated rings. The quantitative estimate of drug-likeness (QED) is 0.770. The molecule has 6 nitrogen and oxygen atoms in total. The fraction of sp³-hybridized carbons (Fsp3) is 0.308. The molecule has 2 heterocycles. The van der Waals surface area contributed by atoms with Crippen LogP contribution >= 0.6 is 11.3 Å². The van der Waals surface area contributed by atoms with Crippen LogP contribution in [0.2, 0.25) is 0 Å². The number of rotatable bonds is 5. The fourth-order valence-electron chi connectivity index (χ4n) is 1.97. The van der Waals surface area contributed by atoms with E-state index >= 15 is 0 Å². The second-order valence-electron chi connectivity index (χ2n) is 4.39. The van der Waals surface area contributed by atoms with Crippen molar-refractivity contribution < 1.29 is 4.74 Å². The lowest BCUT2D eigenvalue weighted by atomic mass is 10.1. The van der Waals surface area contributed by atoms with E-state index < -0.39 is 0 Å². The average molecular weight is 289 g/mol. The van der Waals surface area contributed by atoms with Crippen LogP contribution in [0, 0.1) is 0 Å². The van der Waals surface area contributed by atoms with Gasteiger partial charge in [-0.25, -0.2) is 0 Å². The van der Waals surface area contributed by atoms with E-state index in [4.69, 9.17) is 10.5 Å². The van der Waals surface area contributed by atoms with E-state index in [0.29, 0.717) is 19.0 Å². The first-order valence-electron chi connectivity index (χ1n) is 6.31. The molecule has 2 N–H and O–H groups in total. The molecule has 0 unspecified atom stereocenters. The molecule has 0 aliphatic rings. The molecule has 0 atom stereocenters. The summed E-state index contributed by atoms with van der Waals surface area (Å²) in [6, 6.07) is 8.29. The largest absolute Gasteiger partial charge is 0.377 e. The van der Waals surface area contributed by atoms with E-state index in [1.165, 1.54) is 16.9 Å². The lowest BCUT2D eigenvalue weighted by Crippen LogP contribution is -2.02. The van der Waals surface area contributed by atoms with Gasteiger partial charge in [0.05, 0.1) is 0 Å². The lowest BCUT2D eigenvalue weighted by Gasteiger charge is -2.00. The van der Waals surface area contributed by atoms with Crippen molar-refractivity contribution >= 4 is 16.3 Å². The first-order valence-corrected chi connectivity index (χ1v) is 7.13. The molecule has 2 aromatic heterocycles. The van der Waals surface area contributed by atoms with Crippen molar-refractivity contribution in [2.75, 3.05) is 13.7 Å². The number of ether oxygens (including phenoxy) is 1. The van der Waals surface area contributed by atoms with Crippen LogP contribution in [0.3, 0.4) is 0 Å². The summed E-state index contributed by atoms with van der Waals surface area (Å²) in [5.74, 6) is 0.713. The van der Waals surface area contributed by atoms with Gasteiger partial charge in [-0.2, -0.15) is 9.61 Å². The number of benzene rings is 1. The highest BCUT2D eigenvalue weighted by Gasteiger charge is 2.12. The summed E-state index contributed by atoms with van der Waals surface area (Å²) in [5.41, 5.74) is 7.86. The highest BCUT2D eigenvalue weighted by atomic mass is 32.1. The van der Waals surface area contributed by atoms with E-state index in [2.05, 4.69) is 39.6 Å². The molecule has 0 saturated carbocycles. The molecule has 0 bridgehead atoms. The van der Waals surface area contributed by atoms with Crippen molar-refractivity contribution in [1.29, 1.82) is 0 Å². The fourth-order valence-corrected chi connectivity index (χ4v) is 2.84. The minimum atomic E-state index is 0.403. The van der Waals surface area contributed by atoms with Gasteiger partial charge in [0.1, 0.15) is 11.6 Å². The number of hydrogen-bond donors (Lipinski definition) is 1. The molecule has 0 spiro atoms. The molecule has 1 aromatic carbocycles. The van der Waals surface area contributed by atoms with Crippen molar-refractivity contribution in [2.45, 2.75) is 13.0 Å². The van der Waals surface area contributed by atoms with Crippen molar-refractivity contribution in [3.63, 3.8) is 0 Å². The van der Waals surface area contributed by atoms with Gasteiger partial charge in [0.15, 0.2) is 5.82 Å². The highest BCUT2D eigenvalue weighted by Crippen LogP contribution is 2.25. The van der Waals surface area contributed by atoms with Gasteiger partial charge >= 0.3 is 0 Å². The van der Waals surface area contributed by atoms with Gasteiger partial charge in [-0.3, -0.25) is 0 Å². The Morgan fingerprint density at radius 3 is 2.75 bits per heavy atom. The van der Waals surface area contributed by atoms with E-state index in [0.717, 1.165) is 22.0 Å². The Labute approximate surface area is 120 Å². The van der Waals surface area contributed by atoms with Crippen molar-refractivity contribution in [3.8, 4) is 10.6 Å². The van der Waals surface area contributed by atoms with Crippen LogP contribution in [0.4, 0.5) is 0 Å². The Morgan fingerprint density at radius 1 is 1.25 bits per heavy atom. The Kier molecular flexibility index (Phi) is 3.72. The summed E-state index contributed by atoms with van der Waals surface area (Å²) in [7, 11) is 1.63. The molecule has 0 aliphatic heterocycles. The van der Waals surface area contributed by atoms with Crippen LogP contribution in [0.5, 0.6) is 0 Å². The van der Waals surface area contributed by atoms with Gasteiger partial charge in [-0.05, 0) is 18.5 Å². The second kappa shape index (κ2) is 5.66. The number of nitrogens with zero attached hydrogens (tertiary/aromatic N) is 4. The first kappa shape index (κ1) is 13.2. The molecule has 20 heavy (non-hydrogen) atoms. The molecule has 104 valence electrons. The summed E-state index contributed by atoms with van der Waals surface area (Å²) in [6.45, 7) is 1.07. The van der Waals surface area contributed by atoms with Gasteiger partial charge in [0.2, 0.25) is 4.96 Å². The summed E-state index contributed by atoms with van der Waals surface area (Å²) in [4.78, 5) is 0.776. The van der Waals surface area contributed by atoms with E-state index in [-0.39, 0.29) is 0 Å². The Balaban J connectivity index is 1.93. The molecule has 0 aliphatic carbocycles. The predicted molar refractivity (Wildman–Crippen MR) is 77.6 cm³/mol. The zero-order valence-corrected chi connectivity index (χ0v) is 11.9. The standard InChI is InChI=1S/C13H15N5OS/c1-19-8-11-15-16-13-18(11)17-12(20-13)10-4-2-9(3-5-10)6-7-14/h2-5H,6-8,14H2,1H3. The minimum absolute atomic E-state index is 0.403. The van der Waals surface area contributed by atoms with Gasteiger partial charge in [0, 0.05) is 12.7 Å². The number of methoxy groups -OCH3 is 1. The maximum atomic E-state index is 5.55. The summed E-state index contributed by atoms with van der Waals surface area (Å²) >= 11 is 1.51. The van der Waals surface area contributed by atoms with Crippen LogP contribution in [-0.4, -0.2) is 33.5 Å². The van der Waals surface area contributed by atoms with Crippen LogP contribution in [0.1, 0.15) is 11.4 Å². The van der Waals surface area contributed by atoms with Gasteiger partial charge < -0.3 is 10.5 Å². The van der Waals surface area contributed by atoms with Crippen LogP contribution < -0.4 is 5.73 Å². The second-order valence-corrected chi connectivity index (χ2v) is 5.34. The SMILES string of the molecule is COCc1nnc2sc(-c3ccc(CCN)cc3)nn12. The normalized spacial score (nSPS) is 11.3. The third-order valence-electron chi connectivity index (χ3n) is 2.96. The number of fused-ring (bicyclic) bond motifs is 1. The maximum Gasteiger partial charge on any atom is 0.235 e. The topological polar surface area (TPSA) is 78.3 Å². The van der Waals surface area contributed by atoms with Crippen molar-refractivity contribution in [2.24, 2.45) is 5.73 Å². The summed E-state index contributed by atoms with van der Waals surface area (Å²) in [5, 5.41) is 13.6. The highest BCUT2D eigenvalue weighted by molar-refractivity contribution is 7.19. The van der Waals surface area contributed by atoms with Crippen LogP contribution in [0.15, 0.2) is 24.3 Å².